The van der Waals surface area contributed by atoms with Crippen molar-refractivity contribution in [2.24, 2.45) is 0 Å². The van der Waals surface area contributed by atoms with Crippen LogP contribution >= 0.6 is 11.6 Å². The molecular weight excluding hydrogens is 377 g/mol. The first-order valence-electron chi connectivity index (χ1n) is 9.67. The lowest BCUT2D eigenvalue weighted by atomic mass is 9.84. The van der Waals surface area contributed by atoms with Crippen molar-refractivity contribution < 1.29 is 14.6 Å². The summed E-state index contributed by atoms with van der Waals surface area (Å²) in [6, 6.07) is 13.3. The highest BCUT2D eigenvalue weighted by molar-refractivity contribution is 6.30. The highest BCUT2D eigenvalue weighted by Gasteiger charge is 2.34. The third-order valence-electron chi connectivity index (χ3n) is 5.78. The minimum Gasteiger partial charge on any atom is -0.385 e. The Labute approximate surface area is 171 Å². The lowest BCUT2D eigenvalue weighted by Gasteiger charge is -2.39. The molecule has 0 aliphatic carbocycles. The molecule has 5 heteroatoms. The van der Waals surface area contributed by atoms with Gasteiger partial charge in [-0.05, 0) is 67.6 Å². The number of aliphatic hydroxyl groups is 2. The highest BCUT2D eigenvalue weighted by atomic mass is 35.5. The molecule has 0 saturated carbocycles. The summed E-state index contributed by atoms with van der Waals surface area (Å²) in [5, 5.41) is 22.5. The second-order valence-corrected chi connectivity index (χ2v) is 8.06. The van der Waals surface area contributed by atoms with E-state index >= 15 is 0 Å². The maximum Gasteiger partial charge on any atom is 0.123 e. The van der Waals surface area contributed by atoms with Gasteiger partial charge < -0.3 is 15.1 Å². The lowest BCUT2D eigenvalue weighted by Crippen LogP contribution is -2.43. The van der Waals surface area contributed by atoms with Crippen LogP contribution in [0, 0.1) is 5.82 Å². The average molecular weight is 404 g/mol. The second-order valence-electron chi connectivity index (χ2n) is 7.62. The molecule has 0 radical (unpaired) electrons. The molecule has 0 amide bonds. The first kappa shape index (κ1) is 21.0. The number of benzene rings is 2. The normalized spacial score (nSPS) is 19.1. The number of piperidine rings is 1. The van der Waals surface area contributed by atoms with Crippen LogP contribution < -0.4 is 0 Å². The summed E-state index contributed by atoms with van der Waals surface area (Å²) in [7, 11) is 0. The van der Waals surface area contributed by atoms with Gasteiger partial charge in [0.15, 0.2) is 0 Å². The van der Waals surface area contributed by atoms with E-state index in [1.807, 2.05) is 24.3 Å². The van der Waals surface area contributed by atoms with Gasteiger partial charge in [0.1, 0.15) is 11.4 Å². The van der Waals surface area contributed by atoms with Gasteiger partial charge in [0.25, 0.3) is 0 Å². The fraction of sp³-hybridized carbons (Fsp3) is 0.391. The molecule has 1 fully saturated rings. The van der Waals surface area contributed by atoms with Crippen molar-refractivity contribution >= 4 is 11.6 Å². The van der Waals surface area contributed by atoms with Crippen LogP contribution in [0.3, 0.4) is 0 Å². The van der Waals surface area contributed by atoms with Gasteiger partial charge in [0, 0.05) is 18.1 Å². The molecule has 1 unspecified atom stereocenters. The van der Waals surface area contributed by atoms with E-state index in [1.54, 1.807) is 12.1 Å². The molecule has 1 heterocycles. The number of hydrogen-bond donors (Lipinski definition) is 2. The standard InChI is InChI=1S/C23H27ClFNO2/c1-2-22(27,18-6-10-21(25)11-7-18)12-3-15-26-16-13-23(28,14-17-26)19-4-8-20(24)9-5-19/h2,4-11,27-28H,1,3,12-17H2. The van der Waals surface area contributed by atoms with E-state index in [2.05, 4.69) is 11.5 Å². The summed E-state index contributed by atoms with van der Waals surface area (Å²) in [4.78, 5) is 2.30. The molecule has 0 spiro atoms. The lowest BCUT2D eigenvalue weighted by molar-refractivity contribution is -0.0274. The zero-order valence-corrected chi connectivity index (χ0v) is 16.7. The van der Waals surface area contributed by atoms with E-state index in [0.717, 1.165) is 31.6 Å². The molecule has 2 aromatic carbocycles. The van der Waals surface area contributed by atoms with Crippen molar-refractivity contribution in [1.82, 2.24) is 4.90 Å². The molecule has 1 aliphatic heterocycles. The van der Waals surface area contributed by atoms with Crippen LogP contribution in [0.5, 0.6) is 0 Å². The molecule has 1 saturated heterocycles. The van der Waals surface area contributed by atoms with Crippen LogP contribution in [-0.4, -0.2) is 34.7 Å². The van der Waals surface area contributed by atoms with Crippen molar-refractivity contribution in [1.29, 1.82) is 0 Å². The predicted molar refractivity (Wildman–Crippen MR) is 111 cm³/mol. The summed E-state index contributed by atoms with van der Waals surface area (Å²) in [6.07, 6.45) is 4.14. The van der Waals surface area contributed by atoms with E-state index in [-0.39, 0.29) is 5.82 Å². The third-order valence-corrected chi connectivity index (χ3v) is 6.03. The minimum absolute atomic E-state index is 0.323. The zero-order chi connectivity index (χ0) is 20.2. The van der Waals surface area contributed by atoms with Gasteiger partial charge in [-0.25, -0.2) is 4.39 Å². The predicted octanol–water partition coefficient (Wildman–Crippen LogP) is 4.62. The van der Waals surface area contributed by atoms with Gasteiger partial charge in [-0.1, -0.05) is 48.5 Å². The van der Waals surface area contributed by atoms with Crippen molar-refractivity contribution in [3.05, 3.63) is 83.2 Å². The van der Waals surface area contributed by atoms with Crippen LogP contribution in [0.15, 0.2) is 61.2 Å². The van der Waals surface area contributed by atoms with Gasteiger partial charge in [-0.15, -0.1) is 0 Å². The topological polar surface area (TPSA) is 43.7 Å². The van der Waals surface area contributed by atoms with Crippen LogP contribution in [-0.2, 0) is 11.2 Å². The van der Waals surface area contributed by atoms with Gasteiger partial charge in [0.2, 0.25) is 0 Å². The molecule has 150 valence electrons. The summed E-state index contributed by atoms with van der Waals surface area (Å²) >= 11 is 5.94. The molecule has 0 bridgehead atoms. The molecular formula is C23H27ClFNO2. The number of rotatable bonds is 7. The highest BCUT2D eigenvalue weighted by Crippen LogP contribution is 2.34. The number of halogens is 2. The summed E-state index contributed by atoms with van der Waals surface area (Å²) in [6.45, 7) is 6.17. The third kappa shape index (κ3) is 4.81. The quantitative estimate of drug-likeness (QED) is 0.663. The smallest absolute Gasteiger partial charge is 0.123 e. The summed E-state index contributed by atoms with van der Waals surface area (Å²) < 4.78 is 13.1. The Morgan fingerprint density at radius 3 is 2.29 bits per heavy atom. The average Bonchev–Trinajstić information content (AvgIpc) is 2.70. The van der Waals surface area contributed by atoms with Crippen LogP contribution in [0.2, 0.25) is 5.02 Å². The van der Waals surface area contributed by atoms with Gasteiger partial charge in [-0.3, -0.25) is 0 Å². The van der Waals surface area contributed by atoms with Gasteiger partial charge in [0.05, 0.1) is 5.60 Å². The first-order chi connectivity index (χ1) is 13.3. The molecule has 3 rings (SSSR count). The fourth-order valence-corrected chi connectivity index (χ4v) is 4.00. The van der Waals surface area contributed by atoms with Crippen LogP contribution in [0.1, 0.15) is 36.8 Å². The summed E-state index contributed by atoms with van der Waals surface area (Å²) in [5.41, 5.74) is -0.404. The Morgan fingerprint density at radius 2 is 1.71 bits per heavy atom. The minimum atomic E-state index is -1.16. The molecule has 28 heavy (non-hydrogen) atoms. The van der Waals surface area contributed by atoms with E-state index < -0.39 is 11.2 Å². The second kappa shape index (κ2) is 8.75. The zero-order valence-electron chi connectivity index (χ0n) is 16.0. The molecule has 2 N–H and O–H groups in total. The number of hydrogen-bond acceptors (Lipinski definition) is 3. The molecule has 1 aliphatic rings. The van der Waals surface area contributed by atoms with Crippen LogP contribution in [0.25, 0.3) is 0 Å². The fourth-order valence-electron chi connectivity index (χ4n) is 3.87. The van der Waals surface area contributed by atoms with Crippen molar-refractivity contribution in [2.45, 2.75) is 36.9 Å². The van der Waals surface area contributed by atoms with E-state index in [0.29, 0.717) is 29.8 Å². The Balaban J connectivity index is 1.51. The number of likely N-dealkylation sites (tertiary alicyclic amines) is 1. The van der Waals surface area contributed by atoms with Crippen molar-refractivity contribution in [3.8, 4) is 0 Å². The van der Waals surface area contributed by atoms with E-state index in [4.69, 9.17) is 11.6 Å². The Bertz CT molecular complexity index is 785. The van der Waals surface area contributed by atoms with E-state index in [1.165, 1.54) is 18.2 Å². The monoisotopic (exact) mass is 403 g/mol. The molecule has 0 aromatic heterocycles. The molecule has 1 atom stereocenters. The van der Waals surface area contributed by atoms with Crippen molar-refractivity contribution in [3.63, 3.8) is 0 Å². The maximum atomic E-state index is 13.1. The Hall–Kier alpha value is -1.72. The van der Waals surface area contributed by atoms with Crippen LogP contribution in [0.4, 0.5) is 4.39 Å². The Morgan fingerprint density at radius 1 is 1.11 bits per heavy atom. The molecule has 2 aromatic rings. The SMILES string of the molecule is C=CC(O)(CCCN1CCC(O)(c2ccc(Cl)cc2)CC1)c1ccc(F)cc1. The molecule has 3 nitrogen and oxygen atoms in total. The first-order valence-corrected chi connectivity index (χ1v) is 10.1. The largest absolute Gasteiger partial charge is 0.385 e. The van der Waals surface area contributed by atoms with Gasteiger partial charge >= 0.3 is 0 Å². The van der Waals surface area contributed by atoms with E-state index in [9.17, 15) is 14.6 Å². The summed E-state index contributed by atoms with van der Waals surface area (Å²) in [5.74, 6) is -0.323. The Kier molecular flexibility index (Phi) is 6.56. The van der Waals surface area contributed by atoms with Gasteiger partial charge in [-0.2, -0.15) is 0 Å². The van der Waals surface area contributed by atoms with Crippen molar-refractivity contribution in [2.75, 3.05) is 19.6 Å². The maximum absolute atomic E-state index is 13.1. The number of nitrogens with zero attached hydrogens (tertiary/aromatic N) is 1.